The first kappa shape index (κ1) is 45.9. The van der Waals surface area contributed by atoms with Crippen LogP contribution in [0.4, 0.5) is 34.1 Å². The van der Waals surface area contributed by atoms with Gasteiger partial charge in [-0.2, -0.15) is 0 Å². The van der Waals surface area contributed by atoms with Gasteiger partial charge < -0.3 is 14.2 Å². The quantitative estimate of drug-likeness (QED) is 0.127. The number of hydrogen-bond donors (Lipinski definition) is 0. The van der Waals surface area contributed by atoms with Crippen LogP contribution in [0.2, 0.25) is 0 Å². The molecule has 0 amide bonds. The second-order valence-electron chi connectivity index (χ2n) is 20.4. The van der Waals surface area contributed by atoms with Gasteiger partial charge in [0, 0.05) is 50.2 Å². The number of anilines is 6. The number of benzene rings is 14. The minimum Gasteiger partial charge on any atom is -0.455 e. The summed E-state index contributed by atoms with van der Waals surface area (Å²) in [6.07, 6.45) is 0. The summed E-state index contributed by atoms with van der Waals surface area (Å²) in [5, 5.41) is 12.4. The average Bonchev–Trinajstić information content (AvgIpc) is 3.96. The van der Waals surface area contributed by atoms with E-state index in [9.17, 15) is 0 Å². The van der Waals surface area contributed by atoms with E-state index in [1.165, 1.54) is 54.2 Å². The molecule has 1 aromatic heterocycles. The van der Waals surface area contributed by atoms with Crippen LogP contribution >= 0.6 is 0 Å². The summed E-state index contributed by atoms with van der Waals surface area (Å²) in [6, 6.07) is 110. The van der Waals surface area contributed by atoms with Crippen LogP contribution < -0.4 is 9.80 Å². The predicted molar refractivity (Wildman–Crippen MR) is 335 cm³/mol. The normalized spacial score (nSPS) is 11.5. The number of rotatable bonds is 10. The van der Waals surface area contributed by atoms with Crippen molar-refractivity contribution in [3.8, 4) is 44.5 Å². The molecule has 0 aliphatic heterocycles. The zero-order valence-corrected chi connectivity index (χ0v) is 43.2. The topological polar surface area (TPSA) is 19.6 Å². The molecule has 0 N–H and O–H groups in total. The molecular weight excluding hydrogens is 957 g/mol. The Bertz CT molecular complexity index is 4690. The lowest BCUT2D eigenvalue weighted by atomic mass is 9.92. The van der Waals surface area contributed by atoms with Crippen molar-refractivity contribution in [1.29, 1.82) is 0 Å². The van der Waals surface area contributed by atoms with E-state index in [1.807, 2.05) is 12.1 Å². The molecule has 15 aromatic rings. The SMILES string of the molecule is c1ccc(N(c2ccc(-c3ccc(N(c4ccc(-c5ccc(-c6cccc7c6oc6ccccc67)cc5)cc4)c4ccc(-c5ccc6c7ccccc7c7ccccc7c6c5)cc4)cc3)cc2)c2cccc3ccccc23)cc1. The predicted octanol–water partition coefficient (Wildman–Crippen LogP) is 21.8. The Morgan fingerprint density at radius 1 is 0.215 bits per heavy atom. The van der Waals surface area contributed by atoms with Gasteiger partial charge in [0.2, 0.25) is 0 Å². The molecule has 0 fully saturated rings. The van der Waals surface area contributed by atoms with E-state index in [0.717, 1.165) is 89.4 Å². The van der Waals surface area contributed by atoms with Crippen LogP contribution in [0, 0.1) is 0 Å². The molecule has 370 valence electrons. The molecule has 3 nitrogen and oxygen atoms in total. The third-order valence-corrected chi connectivity index (χ3v) is 15.9. The maximum absolute atomic E-state index is 6.41. The minimum atomic E-state index is 0.907. The summed E-state index contributed by atoms with van der Waals surface area (Å²) < 4.78 is 6.41. The third kappa shape index (κ3) is 8.16. The second-order valence-corrected chi connectivity index (χ2v) is 20.4. The summed E-state index contributed by atoms with van der Waals surface area (Å²) in [5.74, 6) is 0. The number of hydrogen-bond acceptors (Lipinski definition) is 3. The van der Waals surface area contributed by atoms with Crippen LogP contribution in [0.25, 0.3) is 110 Å². The zero-order chi connectivity index (χ0) is 52.2. The van der Waals surface area contributed by atoms with Gasteiger partial charge in [-0.3, -0.25) is 0 Å². The lowest BCUT2D eigenvalue weighted by Crippen LogP contribution is -2.10. The van der Waals surface area contributed by atoms with Crippen LogP contribution in [0.1, 0.15) is 0 Å². The molecule has 0 atom stereocenters. The van der Waals surface area contributed by atoms with Gasteiger partial charge in [-0.15, -0.1) is 0 Å². The Kier molecular flexibility index (Phi) is 11.2. The van der Waals surface area contributed by atoms with Gasteiger partial charge >= 0.3 is 0 Å². The third-order valence-electron chi connectivity index (χ3n) is 15.9. The number of furan rings is 1. The van der Waals surface area contributed by atoms with Gasteiger partial charge in [0.1, 0.15) is 11.2 Å². The lowest BCUT2D eigenvalue weighted by Gasteiger charge is -2.27. The van der Waals surface area contributed by atoms with E-state index in [1.54, 1.807) is 0 Å². The van der Waals surface area contributed by atoms with Crippen LogP contribution in [0.3, 0.4) is 0 Å². The fraction of sp³-hybridized carbons (Fsp3) is 0. The van der Waals surface area contributed by atoms with E-state index in [-0.39, 0.29) is 0 Å². The van der Waals surface area contributed by atoms with Crippen LogP contribution in [0.15, 0.2) is 308 Å². The van der Waals surface area contributed by atoms with Gasteiger partial charge in [0.15, 0.2) is 0 Å². The van der Waals surface area contributed by atoms with Crippen LogP contribution in [-0.4, -0.2) is 0 Å². The molecule has 0 bridgehead atoms. The first-order valence-electron chi connectivity index (χ1n) is 27.1. The van der Waals surface area contributed by atoms with E-state index in [2.05, 4.69) is 301 Å². The molecule has 14 aromatic carbocycles. The summed E-state index contributed by atoms with van der Waals surface area (Å²) in [4.78, 5) is 4.71. The average molecular weight is 1010 g/mol. The van der Waals surface area contributed by atoms with E-state index in [4.69, 9.17) is 4.42 Å². The fourth-order valence-electron chi connectivity index (χ4n) is 12.0. The lowest BCUT2D eigenvalue weighted by molar-refractivity contribution is 0.670. The van der Waals surface area contributed by atoms with E-state index >= 15 is 0 Å². The molecule has 0 aliphatic rings. The van der Waals surface area contributed by atoms with Crippen molar-refractivity contribution < 1.29 is 4.42 Å². The Morgan fingerprint density at radius 2 is 0.595 bits per heavy atom. The maximum Gasteiger partial charge on any atom is 0.143 e. The molecular formula is C76H50N2O. The standard InChI is InChI=1S/C76H50N2O/c1-2-16-59(17-3-1)78(74-26-12-15-56-14-4-5-18-64(56)74)63-47-36-54(37-48-63)53-34-43-61(44-35-53)77(62-45-38-55(39-46-62)58-40-49-70-68-21-7-6-19-66(68)67-20-8-9-22-69(67)73(70)50-58)60-41-32-52(33-42-60)51-28-30-57(31-29-51)65-24-13-25-72-71-23-10-11-27-75(71)79-76(65)72/h1-50H. The Morgan fingerprint density at radius 3 is 1.18 bits per heavy atom. The molecule has 0 saturated carbocycles. The van der Waals surface area contributed by atoms with E-state index < -0.39 is 0 Å². The van der Waals surface area contributed by atoms with Gasteiger partial charge in [-0.25, -0.2) is 0 Å². The highest BCUT2D eigenvalue weighted by Crippen LogP contribution is 2.43. The van der Waals surface area contributed by atoms with Crippen molar-refractivity contribution in [2.45, 2.75) is 0 Å². The maximum atomic E-state index is 6.41. The highest BCUT2D eigenvalue weighted by Gasteiger charge is 2.19. The Labute approximate surface area is 458 Å². The molecule has 1 heterocycles. The molecule has 0 radical (unpaired) electrons. The highest BCUT2D eigenvalue weighted by molar-refractivity contribution is 6.25. The van der Waals surface area contributed by atoms with Crippen molar-refractivity contribution in [1.82, 2.24) is 0 Å². The largest absolute Gasteiger partial charge is 0.455 e. The minimum absolute atomic E-state index is 0.907. The van der Waals surface area contributed by atoms with Crippen molar-refractivity contribution >= 4 is 99.2 Å². The van der Waals surface area contributed by atoms with Gasteiger partial charge in [-0.1, -0.05) is 224 Å². The summed E-state index contributed by atoms with van der Waals surface area (Å²) in [5.41, 5.74) is 17.6. The van der Waals surface area contributed by atoms with Gasteiger partial charge in [0.05, 0.1) is 5.69 Å². The summed E-state index contributed by atoms with van der Waals surface area (Å²) >= 11 is 0. The van der Waals surface area contributed by atoms with E-state index in [0.29, 0.717) is 0 Å². The number of fused-ring (bicyclic) bond motifs is 10. The summed E-state index contributed by atoms with van der Waals surface area (Å²) in [6.45, 7) is 0. The molecule has 0 aliphatic carbocycles. The Balaban J connectivity index is 0.769. The van der Waals surface area contributed by atoms with Crippen LogP contribution in [0.5, 0.6) is 0 Å². The number of nitrogens with zero attached hydrogens (tertiary/aromatic N) is 2. The Hall–Kier alpha value is -10.5. The van der Waals surface area contributed by atoms with Crippen LogP contribution in [-0.2, 0) is 0 Å². The first-order chi connectivity index (χ1) is 39.2. The molecule has 15 rings (SSSR count). The monoisotopic (exact) mass is 1010 g/mol. The van der Waals surface area contributed by atoms with Gasteiger partial charge in [-0.05, 0) is 156 Å². The van der Waals surface area contributed by atoms with Crippen molar-refractivity contribution in [3.63, 3.8) is 0 Å². The summed E-state index contributed by atoms with van der Waals surface area (Å²) in [7, 11) is 0. The molecule has 0 saturated heterocycles. The smallest absolute Gasteiger partial charge is 0.143 e. The van der Waals surface area contributed by atoms with Crippen molar-refractivity contribution in [2.75, 3.05) is 9.80 Å². The molecule has 0 spiro atoms. The first-order valence-corrected chi connectivity index (χ1v) is 27.1. The van der Waals surface area contributed by atoms with Gasteiger partial charge in [0.25, 0.3) is 0 Å². The van der Waals surface area contributed by atoms with Crippen molar-refractivity contribution in [2.24, 2.45) is 0 Å². The zero-order valence-electron chi connectivity index (χ0n) is 43.2. The highest BCUT2D eigenvalue weighted by atomic mass is 16.3. The molecule has 3 heteroatoms. The second kappa shape index (κ2) is 19.3. The molecule has 79 heavy (non-hydrogen) atoms. The van der Waals surface area contributed by atoms with Crippen molar-refractivity contribution in [3.05, 3.63) is 303 Å². The fourth-order valence-corrected chi connectivity index (χ4v) is 12.0. The molecule has 0 unspecified atom stereocenters. The number of para-hydroxylation sites is 3.